The number of benzene rings is 1. The van der Waals surface area contributed by atoms with Crippen molar-refractivity contribution in [2.45, 2.75) is 38.4 Å². The topological polar surface area (TPSA) is 48.7 Å². The first-order valence-corrected chi connectivity index (χ1v) is 10.4. The van der Waals surface area contributed by atoms with Gasteiger partial charge < -0.3 is 14.8 Å². The summed E-state index contributed by atoms with van der Waals surface area (Å²) in [5.41, 5.74) is 1.43. The van der Waals surface area contributed by atoms with Gasteiger partial charge >= 0.3 is 0 Å². The molecule has 2 aromatic rings. The van der Waals surface area contributed by atoms with E-state index in [1.807, 2.05) is 26.5 Å². The van der Waals surface area contributed by atoms with Gasteiger partial charge in [-0.3, -0.25) is 9.89 Å². The molecule has 0 bridgehead atoms. The third-order valence-electron chi connectivity index (χ3n) is 6.25. The summed E-state index contributed by atoms with van der Waals surface area (Å²) in [7, 11) is 3.91. The van der Waals surface area contributed by atoms with Crippen LogP contribution < -0.4 is 5.32 Å². The molecule has 2 saturated heterocycles. The molecular weight excluding hydrogens is 348 g/mol. The van der Waals surface area contributed by atoms with E-state index in [1.54, 1.807) is 0 Å². The van der Waals surface area contributed by atoms with E-state index in [4.69, 9.17) is 0 Å². The van der Waals surface area contributed by atoms with Gasteiger partial charge in [-0.2, -0.15) is 0 Å². The Morgan fingerprint density at radius 2 is 2.07 bits per heavy atom. The Bertz CT molecular complexity index is 783. The number of guanidine groups is 1. The van der Waals surface area contributed by atoms with Crippen molar-refractivity contribution in [3.8, 4) is 0 Å². The number of aromatic nitrogens is 2. The first kappa shape index (κ1) is 19.0. The summed E-state index contributed by atoms with van der Waals surface area (Å²) in [5, 5.41) is 3.51. The highest BCUT2D eigenvalue weighted by molar-refractivity contribution is 5.79. The highest BCUT2D eigenvalue weighted by atomic mass is 15.3. The van der Waals surface area contributed by atoms with Crippen LogP contribution >= 0.6 is 0 Å². The molecule has 0 saturated carbocycles. The fraction of sp³-hybridized carbons (Fsp3) is 0.545. The summed E-state index contributed by atoms with van der Waals surface area (Å²) in [4.78, 5) is 14.1. The van der Waals surface area contributed by atoms with E-state index in [-0.39, 0.29) is 0 Å². The largest absolute Gasteiger partial charge is 0.349 e. The molecule has 1 aromatic heterocycles. The van der Waals surface area contributed by atoms with E-state index < -0.39 is 0 Å². The molecule has 6 nitrogen and oxygen atoms in total. The Morgan fingerprint density at radius 3 is 2.82 bits per heavy atom. The summed E-state index contributed by atoms with van der Waals surface area (Å²) in [5.74, 6) is 2.75. The molecule has 2 aliphatic heterocycles. The van der Waals surface area contributed by atoms with Gasteiger partial charge in [-0.05, 0) is 37.3 Å². The van der Waals surface area contributed by atoms with Gasteiger partial charge in [-0.1, -0.05) is 30.3 Å². The van der Waals surface area contributed by atoms with Crippen LogP contribution in [-0.2, 0) is 20.1 Å². The molecule has 2 fully saturated rings. The number of aliphatic imine (C=N–C) groups is 1. The molecule has 1 N–H and O–H groups in total. The van der Waals surface area contributed by atoms with Crippen LogP contribution in [0.5, 0.6) is 0 Å². The third-order valence-corrected chi connectivity index (χ3v) is 6.25. The standard InChI is InChI=1S/C22H32N6/c1-23-22(25-15-21-24-11-14-26(21)2)28-13-10-20-19(17-28)9-6-12-27(20)16-18-7-4-3-5-8-18/h3-5,7-8,11,14,19-20H,6,9-10,12-13,15-17H2,1-2H3,(H,23,25). The smallest absolute Gasteiger partial charge is 0.194 e. The van der Waals surface area contributed by atoms with Gasteiger partial charge in [-0.15, -0.1) is 0 Å². The number of nitrogens with one attached hydrogen (secondary N) is 1. The highest BCUT2D eigenvalue weighted by Gasteiger charge is 2.36. The minimum atomic E-state index is 0.692. The van der Waals surface area contributed by atoms with Crippen molar-refractivity contribution in [2.75, 3.05) is 26.7 Å². The summed E-state index contributed by atoms with van der Waals surface area (Å²) in [6.45, 7) is 5.17. The Kier molecular flexibility index (Phi) is 5.95. The van der Waals surface area contributed by atoms with Gasteiger partial charge in [0.15, 0.2) is 5.96 Å². The highest BCUT2D eigenvalue weighted by Crippen LogP contribution is 2.31. The van der Waals surface area contributed by atoms with Gasteiger partial charge in [0.1, 0.15) is 5.82 Å². The van der Waals surface area contributed by atoms with Crippen LogP contribution in [0.2, 0.25) is 0 Å². The molecule has 0 aliphatic carbocycles. The van der Waals surface area contributed by atoms with Crippen molar-refractivity contribution in [2.24, 2.45) is 18.0 Å². The Morgan fingerprint density at radius 1 is 1.21 bits per heavy atom. The average molecular weight is 381 g/mol. The second-order valence-corrected chi connectivity index (χ2v) is 8.02. The number of hydrogen-bond donors (Lipinski definition) is 1. The lowest BCUT2D eigenvalue weighted by Crippen LogP contribution is -2.56. The summed E-state index contributed by atoms with van der Waals surface area (Å²) in [6, 6.07) is 11.6. The molecule has 28 heavy (non-hydrogen) atoms. The lowest BCUT2D eigenvalue weighted by Gasteiger charge is -2.48. The SMILES string of the molecule is CN=C(NCc1nccn1C)N1CCC2C(CCCN2Cc2ccccc2)C1. The van der Waals surface area contributed by atoms with Crippen molar-refractivity contribution < 1.29 is 0 Å². The Labute approximate surface area is 168 Å². The fourth-order valence-electron chi connectivity index (χ4n) is 4.77. The van der Waals surface area contributed by atoms with E-state index in [0.29, 0.717) is 12.6 Å². The zero-order chi connectivity index (χ0) is 19.3. The van der Waals surface area contributed by atoms with E-state index in [9.17, 15) is 0 Å². The van der Waals surface area contributed by atoms with Crippen LogP contribution in [0.3, 0.4) is 0 Å². The van der Waals surface area contributed by atoms with E-state index >= 15 is 0 Å². The predicted molar refractivity (Wildman–Crippen MR) is 113 cm³/mol. The number of aryl methyl sites for hydroxylation is 1. The lowest BCUT2D eigenvalue weighted by molar-refractivity contribution is 0.0372. The second-order valence-electron chi connectivity index (χ2n) is 8.02. The van der Waals surface area contributed by atoms with Crippen LogP contribution in [0.15, 0.2) is 47.7 Å². The fourth-order valence-corrected chi connectivity index (χ4v) is 4.77. The zero-order valence-electron chi connectivity index (χ0n) is 17.1. The first-order valence-electron chi connectivity index (χ1n) is 10.4. The zero-order valence-corrected chi connectivity index (χ0v) is 17.1. The second kappa shape index (κ2) is 8.78. The number of rotatable bonds is 4. The van der Waals surface area contributed by atoms with Gasteiger partial charge in [0, 0.05) is 52.2 Å². The first-order chi connectivity index (χ1) is 13.7. The molecular formula is C22H32N6. The van der Waals surface area contributed by atoms with Gasteiger partial charge in [-0.25, -0.2) is 4.98 Å². The quantitative estimate of drug-likeness (QED) is 0.654. The van der Waals surface area contributed by atoms with Gasteiger partial charge in [0.05, 0.1) is 6.54 Å². The molecule has 2 atom stereocenters. The Hall–Kier alpha value is -2.34. The lowest BCUT2D eigenvalue weighted by atomic mass is 9.83. The maximum absolute atomic E-state index is 4.55. The number of nitrogens with zero attached hydrogens (tertiary/aromatic N) is 5. The van der Waals surface area contributed by atoms with Crippen LogP contribution in [-0.4, -0.2) is 58.0 Å². The van der Waals surface area contributed by atoms with Crippen LogP contribution in [0.4, 0.5) is 0 Å². The molecule has 150 valence electrons. The van der Waals surface area contributed by atoms with Crippen LogP contribution in [0, 0.1) is 5.92 Å². The van der Waals surface area contributed by atoms with E-state index in [0.717, 1.165) is 37.3 Å². The molecule has 3 heterocycles. The third kappa shape index (κ3) is 4.22. The van der Waals surface area contributed by atoms with E-state index in [1.165, 1.54) is 31.4 Å². The molecule has 2 aliphatic rings. The van der Waals surface area contributed by atoms with Gasteiger partial charge in [0.25, 0.3) is 0 Å². The maximum atomic E-state index is 4.55. The van der Waals surface area contributed by atoms with Crippen molar-refractivity contribution in [3.63, 3.8) is 0 Å². The maximum Gasteiger partial charge on any atom is 0.194 e. The van der Waals surface area contributed by atoms with Crippen LogP contribution in [0.25, 0.3) is 0 Å². The number of hydrogen-bond acceptors (Lipinski definition) is 3. The summed E-state index contributed by atoms with van der Waals surface area (Å²) < 4.78 is 2.05. The normalized spacial score (nSPS) is 23.5. The van der Waals surface area contributed by atoms with Crippen molar-refractivity contribution in [1.82, 2.24) is 24.7 Å². The minimum absolute atomic E-state index is 0.692. The van der Waals surface area contributed by atoms with Gasteiger partial charge in [0.2, 0.25) is 0 Å². The van der Waals surface area contributed by atoms with Crippen molar-refractivity contribution in [1.29, 1.82) is 0 Å². The number of imidazole rings is 1. The molecule has 0 spiro atoms. The molecule has 0 radical (unpaired) electrons. The number of fused-ring (bicyclic) bond motifs is 1. The van der Waals surface area contributed by atoms with Crippen molar-refractivity contribution in [3.05, 3.63) is 54.1 Å². The Balaban J connectivity index is 1.36. The molecule has 1 aromatic carbocycles. The minimum Gasteiger partial charge on any atom is -0.349 e. The predicted octanol–water partition coefficient (Wildman–Crippen LogP) is 2.48. The number of likely N-dealkylation sites (tertiary alicyclic amines) is 2. The molecule has 4 rings (SSSR count). The molecule has 0 amide bonds. The molecule has 2 unspecified atom stereocenters. The monoisotopic (exact) mass is 380 g/mol. The number of piperidine rings is 2. The van der Waals surface area contributed by atoms with E-state index in [2.05, 4.69) is 60.0 Å². The summed E-state index contributed by atoms with van der Waals surface area (Å²) >= 11 is 0. The van der Waals surface area contributed by atoms with Crippen LogP contribution in [0.1, 0.15) is 30.7 Å². The molecule has 6 heteroatoms. The average Bonchev–Trinajstić information content (AvgIpc) is 3.14. The summed E-state index contributed by atoms with van der Waals surface area (Å²) in [6.07, 6.45) is 7.65. The van der Waals surface area contributed by atoms with Crippen molar-refractivity contribution >= 4 is 5.96 Å².